The average Bonchev–Trinajstić information content (AvgIpc) is 4.12. The van der Waals surface area contributed by atoms with Crippen molar-refractivity contribution in [2.75, 3.05) is 37.1 Å². The van der Waals surface area contributed by atoms with Gasteiger partial charge in [-0.1, -0.05) is 60.1 Å². The van der Waals surface area contributed by atoms with Crippen molar-refractivity contribution in [1.29, 1.82) is 0 Å². The van der Waals surface area contributed by atoms with Gasteiger partial charge in [0.2, 0.25) is 23.7 Å². The number of carbonyl (C=O) groups excluding carboxylic acids is 4. The van der Waals surface area contributed by atoms with E-state index in [4.69, 9.17) is 44.9 Å². The Balaban J connectivity index is 1.32. The van der Waals surface area contributed by atoms with Crippen molar-refractivity contribution in [2.45, 2.75) is 163 Å². The van der Waals surface area contributed by atoms with Gasteiger partial charge in [0.1, 0.15) is 33.9 Å². The molecule has 416 valence electrons. The van der Waals surface area contributed by atoms with Gasteiger partial charge in [0.25, 0.3) is 11.8 Å². The van der Waals surface area contributed by atoms with E-state index < -0.39 is 34.4 Å². The molecule has 0 spiro atoms. The number of allylic oxidation sites excluding steroid dienone is 2. The zero-order chi connectivity index (χ0) is 56.2. The number of hydrogen-bond acceptors (Lipinski definition) is 12. The molecule has 77 heavy (non-hydrogen) atoms. The fraction of sp³-hybridized carbons (Fsp3) is 0.527. The van der Waals surface area contributed by atoms with E-state index in [9.17, 15) is 19.2 Å². The third-order valence-corrected chi connectivity index (χ3v) is 24.3. The fourth-order valence-electron chi connectivity index (χ4n) is 8.78. The summed E-state index contributed by atoms with van der Waals surface area (Å²) in [6, 6.07) is 8.16. The van der Waals surface area contributed by atoms with Crippen LogP contribution in [0.25, 0.3) is 22.1 Å². The number of benzene rings is 2. The number of nitrogens with one attached hydrogen (secondary N) is 2. The molecule has 7 rings (SSSR count). The van der Waals surface area contributed by atoms with Gasteiger partial charge in [0.15, 0.2) is 16.6 Å². The summed E-state index contributed by atoms with van der Waals surface area (Å²) in [5.74, 6) is -1.06. The Morgan fingerprint density at radius 2 is 1.27 bits per heavy atom. The predicted octanol–water partition coefficient (Wildman–Crippen LogP) is 9.68. The van der Waals surface area contributed by atoms with Crippen molar-refractivity contribution < 1.29 is 37.5 Å². The largest absolute Gasteiger partial charge is 0.491 e. The zero-order valence-corrected chi connectivity index (χ0v) is 49.4. The molecule has 1 aliphatic rings. The van der Waals surface area contributed by atoms with Crippen molar-refractivity contribution in [2.24, 2.45) is 11.5 Å². The van der Waals surface area contributed by atoms with Gasteiger partial charge >= 0.3 is 0 Å². The lowest BCUT2D eigenvalue weighted by Crippen LogP contribution is -2.41. The molecule has 5 heterocycles. The van der Waals surface area contributed by atoms with E-state index in [-0.39, 0.29) is 65.3 Å². The first-order valence-corrected chi connectivity index (χ1v) is 32.6. The number of aromatic nitrogens is 8. The van der Waals surface area contributed by atoms with Crippen molar-refractivity contribution in [3.8, 4) is 11.5 Å². The fourth-order valence-corrected chi connectivity index (χ4v) is 11.0. The maximum absolute atomic E-state index is 14.7. The highest BCUT2D eigenvalue weighted by Crippen LogP contribution is 2.38. The number of imidazole rings is 2. The zero-order valence-electron chi connectivity index (χ0n) is 47.4. The molecule has 20 nitrogen and oxygen atoms in total. The third-order valence-electron chi connectivity index (χ3n) is 15.2. The third kappa shape index (κ3) is 13.2. The number of ether oxygens (including phenoxy) is 2. The summed E-state index contributed by atoms with van der Waals surface area (Å²) in [6.45, 7) is 30.4. The summed E-state index contributed by atoms with van der Waals surface area (Å²) in [6.07, 6.45) is 7.73. The van der Waals surface area contributed by atoms with Gasteiger partial charge in [0, 0.05) is 68.9 Å². The van der Waals surface area contributed by atoms with Crippen molar-refractivity contribution in [1.82, 2.24) is 38.7 Å². The Morgan fingerprint density at radius 3 is 1.88 bits per heavy atom. The van der Waals surface area contributed by atoms with Crippen LogP contribution in [0.3, 0.4) is 0 Å². The van der Waals surface area contributed by atoms with Gasteiger partial charge in [-0.3, -0.25) is 39.2 Å². The van der Waals surface area contributed by atoms with Gasteiger partial charge < -0.3 is 38.9 Å². The second-order valence-corrected chi connectivity index (χ2v) is 32.6. The van der Waals surface area contributed by atoms with Crippen LogP contribution < -0.4 is 31.6 Å². The SMILES string of the molecule is CCn1nc(C)c2c1C(=O)Nc1nc3c(OCCCO[Si](C)(C)C(C)(C)C)cc(C(N)=O)cc3n1C/C=C/Cn1c(nc3cc(C(N)=O)cc(OCCCO[Si](C)(C)C(C)(C)C)c31)NC(=O)c1cc(C)nn1CCCCC2. The number of carbonyl (C=O) groups is 4. The maximum atomic E-state index is 14.7. The van der Waals surface area contributed by atoms with Gasteiger partial charge in [-0.15, -0.1) is 0 Å². The molecule has 0 unspecified atom stereocenters. The molecule has 0 fully saturated rings. The molecule has 4 amide bonds. The molecular weight excluding hydrogens is 1010 g/mol. The molecule has 1 aliphatic heterocycles. The van der Waals surface area contributed by atoms with Crippen LogP contribution in [0, 0.1) is 13.8 Å². The first-order chi connectivity index (χ1) is 36.2. The molecule has 0 radical (unpaired) electrons. The lowest BCUT2D eigenvalue weighted by Gasteiger charge is -2.36. The molecule has 0 saturated carbocycles. The van der Waals surface area contributed by atoms with E-state index in [0.717, 1.165) is 24.1 Å². The summed E-state index contributed by atoms with van der Waals surface area (Å²) in [4.78, 5) is 64.8. The van der Waals surface area contributed by atoms with Crippen LogP contribution in [-0.4, -0.2) is 105 Å². The molecule has 0 atom stereocenters. The average molecular weight is 1090 g/mol. The molecule has 0 aliphatic carbocycles. The minimum atomic E-state index is -2.02. The van der Waals surface area contributed by atoms with E-state index in [1.165, 1.54) is 0 Å². The highest BCUT2D eigenvalue weighted by atomic mass is 28.4. The maximum Gasteiger partial charge on any atom is 0.276 e. The Labute approximate surface area is 453 Å². The van der Waals surface area contributed by atoms with Crippen LogP contribution in [-0.2, 0) is 41.5 Å². The molecule has 22 heteroatoms. The minimum absolute atomic E-state index is 0.0358. The first kappa shape index (κ1) is 58.1. The second-order valence-electron chi connectivity index (χ2n) is 22.9. The number of anilines is 2. The standard InChI is InChI=1S/C55H80N12O8Si2/c1-14-66-46-39(36(3)63-66)22-16-15-17-25-67-42(30-35(2)62-67)50(70)60-52-58-40-31-37(48(56)68)34-44(73-27-21-29-75-77(12,13)55(7,8)9)47(40)65(52)24-19-18-23-64-41-32-38(49(57)69)33-43(45(41)59-53(64)61-51(46)71)72-26-20-28-74-76(10,11)54(4,5)6/h18-19,30-34H,14-17,20-29H2,1-13H3,(H2,56,68)(H2,57,69)(H,58,60,70)(H,59,61,71)/b19-18+. The Bertz CT molecular complexity index is 3190. The Morgan fingerprint density at radius 1 is 0.701 bits per heavy atom. The minimum Gasteiger partial charge on any atom is -0.491 e. The van der Waals surface area contributed by atoms with E-state index in [2.05, 4.69) is 83.5 Å². The van der Waals surface area contributed by atoms with E-state index in [1.54, 1.807) is 44.3 Å². The van der Waals surface area contributed by atoms with Gasteiger partial charge in [0.05, 0.1) is 35.6 Å². The number of hydrogen-bond donors (Lipinski definition) is 4. The Kier molecular flexibility index (Phi) is 17.8. The molecule has 4 aromatic heterocycles. The van der Waals surface area contributed by atoms with Gasteiger partial charge in [-0.25, -0.2) is 9.97 Å². The lowest BCUT2D eigenvalue weighted by molar-refractivity contribution is 0.0991. The number of aryl methyl sites for hydroxylation is 4. The van der Waals surface area contributed by atoms with Crippen molar-refractivity contribution in [3.05, 3.63) is 81.9 Å². The summed E-state index contributed by atoms with van der Waals surface area (Å²) in [5.41, 5.74) is 17.1. The number of primary amides is 2. The van der Waals surface area contributed by atoms with E-state index in [0.29, 0.717) is 103 Å². The summed E-state index contributed by atoms with van der Waals surface area (Å²) < 4.78 is 32.7. The molecule has 6 aromatic rings. The highest BCUT2D eigenvalue weighted by Gasteiger charge is 2.38. The lowest BCUT2D eigenvalue weighted by atomic mass is 10.0. The van der Waals surface area contributed by atoms with Crippen LogP contribution in [0.1, 0.15) is 139 Å². The topological polar surface area (TPSA) is 253 Å². The summed E-state index contributed by atoms with van der Waals surface area (Å²) in [5, 5.41) is 15.7. The number of nitrogens with two attached hydrogens (primary N) is 2. The number of nitrogens with zero attached hydrogens (tertiary/aromatic N) is 8. The van der Waals surface area contributed by atoms with Gasteiger partial charge in [-0.2, -0.15) is 10.2 Å². The van der Waals surface area contributed by atoms with E-state index >= 15 is 0 Å². The van der Waals surface area contributed by atoms with Crippen LogP contribution in [0.2, 0.25) is 36.3 Å². The second kappa shape index (κ2) is 23.5. The molecule has 2 aromatic carbocycles. The molecule has 0 bridgehead atoms. The van der Waals surface area contributed by atoms with Crippen molar-refractivity contribution >= 4 is 74.2 Å². The van der Waals surface area contributed by atoms with Crippen LogP contribution >= 0.6 is 0 Å². The molecular formula is C55H80N12O8Si2. The first-order valence-electron chi connectivity index (χ1n) is 26.8. The monoisotopic (exact) mass is 1090 g/mol. The van der Waals surface area contributed by atoms with Crippen LogP contribution in [0.4, 0.5) is 11.9 Å². The van der Waals surface area contributed by atoms with E-state index in [1.807, 2.05) is 37.5 Å². The smallest absolute Gasteiger partial charge is 0.276 e. The number of rotatable bonds is 15. The normalized spacial score (nSPS) is 15.0. The highest BCUT2D eigenvalue weighted by molar-refractivity contribution is 6.74. The predicted molar refractivity (Wildman–Crippen MR) is 305 cm³/mol. The van der Waals surface area contributed by atoms with Crippen LogP contribution in [0.5, 0.6) is 11.5 Å². The Hall–Kier alpha value is -6.63. The molecule has 0 saturated heterocycles. The quantitative estimate of drug-likeness (QED) is 0.0426. The number of amides is 4. The summed E-state index contributed by atoms with van der Waals surface area (Å²) >= 11 is 0. The van der Waals surface area contributed by atoms with Crippen LogP contribution in [0.15, 0.2) is 42.5 Å². The molecule has 6 N–H and O–H groups in total. The summed E-state index contributed by atoms with van der Waals surface area (Å²) in [7, 11) is -4.02. The van der Waals surface area contributed by atoms with Crippen molar-refractivity contribution in [3.63, 3.8) is 0 Å². The number of fused-ring (bicyclic) bond motifs is 8. The van der Waals surface area contributed by atoms with Gasteiger partial charge in [-0.05, 0) is 107 Å².